The highest BCUT2D eigenvalue weighted by atomic mass is 16.4. The molecule has 94 valence electrons. The van der Waals surface area contributed by atoms with E-state index in [4.69, 9.17) is 0 Å². The van der Waals surface area contributed by atoms with Gasteiger partial charge in [0.1, 0.15) is 0 Å². The van der Waals surface area contributed by atoms with Crippen molar-refractivity contribution in [2.45, 2.75) is 52.9 Å². The maximum absolute atomic E-state index is 11.2. The van der Waals surface area contributed by atoms with E-state index in [1.165, 1.54) is 0 Å². The Hall–Kier alpha value is -1.38. The monoisotopic (exact) mass is 235 g/mol. The fourth-order valence-electron chi connectivity index (χ4n) is 2.01. The lowest BCUT2D eigenvalue weighted by Crippen LogP contribution is -2.10. The van der Waals surface area contributed by atoms with Gasteiger partial charge in [0.25, 0.3) is 0 Å². The van der Waals surface area contributed by atoms with Gasteiger partial charge in [-0.15, -0.1) is 0 Å². The molecule has 0 unspecified atom stereocenters. The molecule has 1 aromatic rings. The quantitative estimate of drug-likeness (QED) is 0.823. The van der Waals surface area contributed by atoms with Crippen molar-refractivity contribution in [3.63, 3.8) is 0 Å². The number of pyridine rings is 1. The van der Waals surface area contributed by atoms with Crippen molar-refractivity contribution in [2.75, 3.05) is 0 Å². The van der Waals surface area contributed by atoms with Crippen molar-refractivity contribution in [2.24, 2.45) is 0 Å². The lowest BCUT2D eigenvalue weighted by Gasteiger charge is -2.11. The highest BCUT2D eigenvalue weighted by Crippen LogP contribution is 2.17. The molecule has 3 heteroatoms. The molecular weight excluding hydrogens is 214 g/mol. The third-order valence-electron chi connectivity index (χ3n) is 2.85. The molecule has 0 radical (unpaired) electrons. The fourth-order valence-corrected chi connectivity index (χ4v) is 2.01. The Labute approximate surface area is 103 Å². The third-order valence-corrected chi connectivity index (χ3v) is 2.85. The van der Waals surface area contributed by atoms with E-state index in [0.717, 1.165) is 49.1 Å². The summed E-state index contributed by atoms with van der Waals surface area (Å²) in [6, 6.07) is 1.81. The first-order valence-electron chi connectivity index (χ1n) is 6.38. The number of carboxylic acids is 1. The molecule has 1 N–H and O–H groups in total. The molecule has 0 fully saturated rings. The molecule has 1 aromatic heterocycles. The number of aryl methyl sites for hydroxylation is 3. The van der Waals surface area contributed by atoms with Crippen molar-refractivity contribution in [1.82, 2.24) is 4.98 Å². The Morgan fingerprint density at radius 3 is 2.24 bits per heavy atom. The van der Waals surface area contributed by atoms with Crippen LogP contribution in [0, 0.1) is 0 Å². The molecule has 0 aromatic carbocycles. The van der Waals surface area contributed by atoms with E-state index in [2.05, 4.69) is 11.9 Å². The number of carbonyl (C=O) groups is 1. The first-order valence-corrected chi connectivity index (χ1v) is 6.38. The maximum atomic E-state index is 11.2. The lowest BCUT2D eigenvalue weighted by molar-refractivity contribution is 0.0695. The summed E-state index contributed by atoms with van der Waals surface area (Å²) in [6.45, 7) is 6.20. The highest BCUT2D eigenvalue weighted by molar-refractivity contribution is 5.89. The van der Waals surface area contributed by atoms with Crippen molar-refractivity contribution in [3.8, 4) is 0 Å². The molecule has 0 aliphatic carbocycles. The summed E-state index contributed by atoms with van der Waals surface area (Å²) >= 11 is 0. The van der Waals surface area contributed by atoms with Gasteiger partial charge in [-0.3, -0.25) is 4.98 Å². The first kappa shape index (κ1) is 13.7. The molecule has 1 rings (SSSR count). The molecule has 0 saturated heterocycles. The smallest absolute Gasteiger partial charge is 0.337 e. The summed E-state index contributed by atoms with van der Waals surface area (Å²) < 4.78 is 0. The number of hydrogen-bond donors (Lipinski definition) is 1. The molecule has 1 heterocycles. The van der Waals surface area contributed by atoms with Gasteiger partial charge in [-0.1, -0.05) is 33.6 Å². The highest BCUT2D eigenvalue weighted by Gasteiger charge is 2.14. The van der Waals surface area contributed by atoms with Crippen LogP contribution in [0.4, 0.5) is 0 Å². The Balaban J connectivity index is 3.25. The average Bonchev–Trinajstić information content (AvgIpc) is 2.30. The van der Waals surface area contributed by atoms with E-state index in [0.29, 0.717) is 5.56 Å². The second-order valence-electron chi connectivity index (χ2n) is 4.25. The summed E-state index contributed by atoms with van der Waals surface area (Å²) in [6.07, 6.45) is 4.47. The van der Waals surface area contributed by atoms with E-state index < -0.39 is 5.97 Å². The molecule has 17 heavy (non-hydrogen) atoms. The minimum absolute atomic E-state index is 0.378. The van der Waals surface area contributed by atoms with Crippen LogP contribution in [0.5, 0.6) is 0 Å². The van der Waals surface area contributed by atoms with Crippen molar-refractivity contribution in [1.29, 1.82) is 0 Å². The zero-order valence-corrected chi connectivity index (χ0v) is 10.9. The van der Waals surface area contributed by atoms with Crippen LogP contribution in [-0.4, -0.2) is 16.1 Å². The molecule has 3 nitrogen and oxygen atoms in total. The van der Waals surface area contributed by atoms with Gasteiger partial charge in [-0.25, -0.2) is 4.79 Å². The van der Waals surface area contributed by atoms with Crippen LogP contribution in [0.25, 0.3) is 0 Å². The van der Waals surface area contributed by atoms with Crippen LogP contribution >= 0.6 is 0 Å². The van der Waals surface area contributed by atoms with Crippen LogP contribution in [0.2, 0.25) is 0 Å². The van der Waals surface area contributed by atoms with Crippen molar-refractivity contribution >= 4 is 5.97 Å². The van der Waals surface area contributed by atoms with Gasteiger partial charge in [0.05, 0.1) is 11.3 Å². The van der Waals surface area contributed by atoms with E-state index in [1.807, 2.05) is 19.9 Å². The van der Waals surface area contributed by atoms with Gasteiger partial charge in [-0.05, 0) is 30.9 Å². The Morgan fingerprint density at radius 2 is 1.76 bits per heavy atom. The molecule has 0 bridgehead atoms. The van der Waals surface area contributed by atoms with Crippen LogP contribution in [0.3, 0.4) is 0 Å². The van der Waals surface area contributed by atoms with E-state index in [-0.39, 0.29) is 0 Å². The van der Waals surface area contributed by atoms with Gasteiger partial charge in [0.15, 0.2) is 0 Å². The first-order chi connectivity index (χ1) is 8.13. The average molecular weight is 235 g/mol. The van der Waals surface area contributed by atoms with Crippen LogP contribution in [0.15, 0.2) is 6.07 Å². The van der Waals surface area contributed by atoms with Crippen LogP contribution in [0.1, 0.15) is 60.9 Å². The summed E-state index contributed by atoms with van der Waals surface area (Å²) in [5.74, 6) is -0.862. The zero-order chi connectivity index (χ0) is 12.8. The Kier molecular flexibility index (Phi) is 5.13. The fraction of sp³-hybridized carbons (Fsp3) is 0.571. The predicted molar refractivity (Wildman–Crippen MR) is 68.6 cm³/mol. The van der Waals surface area contributed by atoms with Crippen molar-refractivity contribution < 1.29 is 9.90 Å². The SMILES string of the molecule is CCCc1nc(CCC)c(C(=O)O)cc1CC. The maximum Gasteiger partial charge on any atom is 0.337 e. The molecule has 0 amide bonds. The van der Waals surface area contributed by atoms with Crippen molar-refractivity contribution in [3.05, 3.63) is 28.6 Å². The predicted octanol–water partition coefficient (Wildman–Crippen LogP) is 3.25. The van der Waals surface area contributed by atoms with E-state index in [1.54, 1.807) is 0 Å². The number of nitrogens with zero attached hydrogens (tertiary/aromatic N) is 1. The largest absolute Gasteiger partial charge is 0.478 e. The second-order valence-corrected chi connectivity index (χ2v) is 4.25. The molecule has 0 atom stereocenters. The summed E-state index contributed by atoms with van der Waals surface area (Å²) in [7, 11) is 0. The molecule has 0 aliphatic heterocycles. The van der Waals surface area contributed by atoms with Crippen LogP contribution in [-0.2, 0) is 19.3 Å². The normalized spacial score (nSPS) is 10.5. The van der Waals surface area contributed by atoms with E-state index >= 15 is 0 Å². The third kappa shape index (κ3) is 3.29. The Morgan fingerprint density at radius 1 is 1.18 bits per heavy atom. The number of rotatable bonds is 6. The number of hydrogen-bond acceptors (Lipinski definition) is 2. The summed E-state index contributed by atoms with van der Waals surface area (Å²) in [5, 5.41) is 9.19. The lowest BCUT2D eigenvalue weighted by atomic mass is 10.0. The number of aromatic nitrogens is 1. The second kappa shape index (κ2) is 6.38. The van der Waals surface area contributed by atoms with Gasteiger partial charge in [-0.2, -0.15) is 0 Å². The van der Waals surface area contributed by atoms with Gasteiger partial charge in [0.2, 0.25) is 0 Å². The number of carboxylic acid groups (broad SMARTS) is 1. The minimum Gasteiger partial charge on any atom is -0.478 e. The van der Waals surface area contributed by atoms with Gasteiger partial charge < -0.3 is 5.11 Å². The number of aromatic carboxylic acids is 1. The van der Waals surface area contributed by atoms with Crippen LogP contribution < -0.4 is 0 Å². The Bertz CT molecular complexity index is 399. The molecular formula is C14H21NO2. The molecule has 0 aliphatic rings. The molecule has 0 spiro atoms. The minimum atomic E-state index is -0.862. The summed E-state index contributed by atoms with van der Waals surface area (Å²) in [5.41, 5.74) is 3.26. The molecule has 0 saturated carbocycles. The zero-order valence-electron chi connectivity index (χ0n) is 10.9. The van der Waals surface area contributed by atoms with Gasteiger partial charge >= 0.3 is 5.97 Å². The topological polar surface area (TPSA) is 50.2 Å². The summed E-state index contributed by atoms with van der Waals surface area (Å²) in [4.78, 5) is 15.8. The standard InChI is InChI=1S/C14H21NO2/c1-4-7-12-10(6-3)9-11(14(16)17)13(15-12)8-5-2/h9H,4-8H2,1-3H3,(H,16,17). The van der Waals surface area contributed by atoms with Gasteiger partial charge in [0, 0.05) is 5.69 Å². The van der Waals surface area contributed by atoms with E-state index in [9.17, 15) is 9.90 Å².